The molecule has 1 saturated carbocycles. The molecule has 0 spiro atoms. The summed E-state index contributed by atoms with van der Waals surface area (Å²) in [6.45, 7) is 0.174. The zero-order chi connectivity index (χ0) is 19.9. The van der Waals surface area contributed by atoms with Crippen molar-refractivity contribution in [2.75, 3.05) is 12.4 Å². The van der Waals surface area contributed by atoms with E-state index >= 15 is 0 Å². The van der Waals surface area contributed by atoms with Crippen LogP contribution in [-0.2, 0) is 16.1 Å². The van der Waals surface area contributed by atoms with Crippen LogP contribution in [0.1, 0.15) is 58.5 Å². The summed E-state index contributed by atoms with van der Waals surface area (Å²) in [5, 5.41) is 5.64. The van der Waals surface area contributed by atoms with E-state index in [4.69, 9.17) is 4.74 Å². The van der Waals surface area contributed by atoms with Crippen molar-refractivity contribution in [1.29, 1.82) is 0 Å². The van der Waals surface area contributed by atoms with E-state index in [1.165, 1.54) is 19.7 Å². The van der Waals surface area contributed by atoms with Crippen molar-refractivity contribution >= 4 is 35.2 Å². The molecule has 9 heteroatoms. The van der Waals surface area contributed by atoms with Crippen molar-refractivity contribution in [2.24, 2.45) is 5.92 Å². The number of ether oxygens (including phenoxy) is 1. The summed E-state index contributed by atoms with van der Waals surface area (Å²) < 4.78 is 12.5. The molecule has 0 atom stereocenters. The largest absolute Gasteiger partial charge is 0.465 e. The maximum atomic E-state index is 12.5. The highest BCUT2D eigenvalue weighted by Crippen LogP contribution is 2.25. The van der Waals surface area contributed by atoms with Crippen LogP contribution in [0.5, 0.6) is 0 Å². The molecule has 148 valence electrons. The number of methoxy groups -OCH3 is 1. The van der Waals surface area contributed by atoms with Gasteiger partial charge in [-0.3, -0.25) is 9.59 Å². The summed E-state index contributed by atoms with van der Waals surface area (Å²) in [6.07, 6.45) is 6.44. The zero-order valence-electron chi connectivity index (χ0n) is 15.6. The molecule has 8 nitrogen and oxygen atoms in total. The fraction of sp³-hybridized carbons (Fsp3) is 0.421. The van der Waals surface area contributed by atoms with Crippen molar-refractivity contribution in [1.82, 2.24) is 14.1 Å². The van der Waals surface area contributed by atoms with Crippen LogP contribution in [0.3, 0.4) is 0 Å². The number of rotatable bonds is 6. The van der Waals surface area contributed by atoms with Crippen LogP contribution in [-0.4, -0.2) is 33.6 Å². The van der Waals surface area contributed by atoms with E-state index in [2.05, 4.69) is 19.4 Å². The number of carbonyl (C=O) groups excluding carboxylic acids is 3. The highest BCUT2D eigenvalue weighted by Gasteiger charge is 2.21. The van der Waals surface area contributed by atoms with E-state index in [0.717, 1.165) is 37.4 Å². The normalized spacial score (nSPS) is 14.3. The Bertz CT molecular complexity index is 848. The first-order valence-corrected chi connectivity index (χ1v) is 9.89. The van der Waals surface area contributed by atoms with E-state index in [1.807, 2.05) is 0 Å². The molecule has 28 heavy (non-hydrogen) atoms. The maximum absolute atomic E-state index is 12.5. The Kier molecular flexibility index (Phi) is 6.70. The molecule has 1 aliphatic rings. The molecule has 1 fully saturated rings. The number of hydrogen-bond acceptors (Lipinski definition) is 7. The molecule has 2 N–H and O–H groups in total. The fourth-order valence-electron chi connectivity index (χ4n) is 3.25. The van der Waals surface area contributed by atoms with Crippen LogP contribution in [0.4, 0.5) is 5.69 Å². The Hall–Kier alpha value is -2.81. The minimum Gasteiger partial charge on any atom is -0.465 e. The van der Waals surface area contributed by atoms with E-state index in [1.54, 1.807) is 18.2 Å². The molecule has 1 heterocycles. The lowest BCUT2D eigenvalue weighted by atomic mass is 9.88. The third kappa shape index (κ3) is 5.13. The zero-order valence-corrected chi connectivity index (χ0v) is 16.4. The molecule has 2 aromatic rings. The van der Waals surface area contributed by atoms with Crippen LogP contribution in [0.2, 0.25) is 0 Å². The average molecular weight is 402 g/mol. The number of hydrogen-bond donors (Lipinski definition) is 2. The Morgan fingerprint density at radius 2 is 1.96 bits per heavy atom. The molecule has 0 saturated heterocycles. The van der Waals surface area contributed by atoms with E-state index in [0.29, 0.717) is 16.8 Å². The smallest absolute Gasteiger partial charge is 0.337 e. The third-order valence-electron chi connectivity index (χ3n) is 4.70. The number of amides is 2. The quantitative estimate of drug-likeness (QED) is 0.719. The first-order chi connectivity index (χ1) is 13.6. The van der Waals surface area contributed by atoms with Crippen molar-refractivity contribution in [3.05, 3.63) is 41.2 Å². The second kappa shape index (κ2) is 9.41. The lowest BCUT2D eigenvalue weighted by Gasteiger charge is -2.21. The highest BCUT2D eigenvalue weighted by molar-refractivity contribution is 6.99. The first-order valence-electron chi connectivity index (χ1n) is 9.15. The van der Waals surface area contributed by atoms with Gasteiger partial charge >= 0.3 is 5.97 Å². The predicted octanol–water partition coefficient (Wildman–Crippen LogP) is 2.77. The van der Waals surface area contributed by atoms with Gasteiger partial charge < -0.3 is 15.4 Å². The Morgan fingerprint density at radius 1 is 1.18 bits per heavy atom. The summed E-state index contributed by atoms with van der Waals surface area (Å²) in [6, 6.07) is 4.96. The highest BCUT2D eigenvalue weighted by atomic mass is 32.1. The lowest BCUT2D eigenvalue weighted by molar-refractivity contribution is -0.120. The summed E-state index contributed by atoms with van der Waals surface area (Å²) >= 11 is 0.952. The molecular weight excluding hydrogens is 380 g/mol. The number of esters is 1. The second-order valence-electron chi connectivity index (χ2n) is 6.71. The molecule has 1 aromatic carbocycles. The number of benzene rings is 1. The first kappa shape index (κ1) is 19.9. The molecule has 0 unspecified atom stereocenters. The monoisotopic (exact) mass is 402 g/mol. The molecule has 1 aliphatic carbocycles. The molecule has 0 bridgehead atoms. The van der Waals surface area contributed by atoms with Gasteiger partial charge in [-0.25, -0.2) is 4.79 Å². The molecule has 1 aromatic heterocycles. The number of carbonyl (C=O) groups is 3. The van der Waals surface area contributed by atoms with Crippen molar-refractivity contribution in [2.45, 2.75) is 38.6 Å². The van der Waals surface area contributed by atoms with E-state index in [9.17, 15) is 14.4 Å². The van der Waals surface area contributed by atoms with Gasteiger partial charge in [0.1, 0.15) is 0 Å². The van der Waals surface area contributed by atoms with Gasteiger partial charge in [-0.05, 0) is 36.6 Å². The van der Waals surface area contributed by atoms with Gasteiger partial charge in [0, 0.05) is 18.2 Å². The van der Waals surface area contributed by atoms with Gasteiger partial charge in [0.25, 0.3) is 5.91 Å². The SMILES string of the molecule is COC(=O)c1cc(CNC(=O)c2cnsn2)cc(NC(=O)C2CCCCC2)c1. The predicted molar refractivity (Wildman–Crippen MR) is 104 cm³/mol. The van der Waals surface area contributed by atoms with Gasteiger partial charge in [-0.1, -0.05) is 19.3 Å². The summed E-state index contributed by atoms with van der Waals surface area (Å²) in [4.78, 5) is 36.6. The fourth-order valence-corrected chi connectivity index (χ4v) is 3.66. The molecule has 0 radical (unpaired) electrons. The van der Waals surface area contributed by atoms with Gasteiger partial charge in [0.15, 0.2) is 5.69 Å². The van der Waals surface area contributed by atoms with Crippen LogP contribution in [0.25, 0.3) is 0 Å². The van der Waals surface area contributed by atoms with Crippen molar-refractivity contribution in [3.8, 4) is 0 Å². The molecule has 0 aliphatic heterocycles. The van der Waals surface area contributed by atoms with Gasteiger partial charge in [0.05, 0.1) is 30.6 Å². The molecular formula is C19H22N4O4S. The van der Waals surface area contributed by atoms with Crippen molar-refractivity contribution in [3.63, 3.8) is 0 Å². The lowest BCUT2D eigenvalue weighted by Crippen LogP contribution is -2.25. The maximum Gasteiger partial charge on any atom is 0.337 e. The van der Waals surface area contributed by atoms with Gasteiger partial charge in [-0.15, -0.1) is 0 Å². The van der Waals surface area contributed by atoms with E-state index in [-0.39, 0.29) is 30.0 Å². The molecule has 3 rings (SSSR count). The Labute approximate surface area is 167 Å². The number of anilines is 1. The summed E-state index contributed by atoms with van der Waals surface area (Å²) in [5.41, 5.74) is 1.72. The summed E-state index contributed by atoms with van der Waals surface area (Å²) in [7, 11) is 1.30. The van der Waals surface area contributed by atoms with Crippen LogP contribution in [0.15, 0.2) is 24.4 Å². The minimum absolute atomic E-state index is 0.00384. The standard InChI is InChI=1S/C19H22N4O4S/c1-27-19(26)14-7-12(10-20-18(25)16-11-21-28-23-16)8-15(9-14)22-17(24)13-5-3-2-4-6-13/h7-9,11,13H,2-6,10H2,1H3,(H,20,25)(H,22,24). The van der Waals surface area contributed by atoms with Gasteiger partial charge in [-0.2, -0.15) is 8.75 Å². The summed E-state index contributed by atoms with van der Waals surface area (Å²) in [5.74, 6) is -0.906. The van der Waals surface area contributed by atoms with Crippen molar-refractivity contribution < 1.29 is 19.1 Å². The topological polar surface area (TPSA) is 110 Å². The minimum atomic E-state index is -0.509. The van der Waals surface area contributed by atoms with Crippen LogP contribution >= 0.6 is 11.7 Å². The number of nitrogens with one attached hydrogen (secondary N) is 2. The van der Waals surface area contributed by atoms with Gasteiger partial charge in [0.2, 0.25) is 5.91 Å². The third-order valence-corrected chi connectivity index (χ3v) is 5.18. The Morgan fingerprint density at radius 3 is 2.64 bits per heavy atom. The number of aromatic nitrogens is 2. The van der Waals surface area contributed by atoms with Crippen LogP contribution in [0, 0.1) is 5.92 Å². The Balaban J connectivity index is 1.73. The second-order valence-corrected chi connectivity index (χ2v) is 7.27. The number of nitrogens with zero attached hydrogens (tertiary/aromatic N) is 2. The molecule has 2 amide bonds. The van der Waals surface area contributed by atoms with Crippen LogP contribution < -0.4 is 10.6 Å². The van der Waals surface area contributed by atoms with E-state index < -0.39 is 5.97 Å². The average Bonchev–Trinajstić information content (AvgIpc) is 3.27.